The molecule has 0 amide bonds. The first-order valence-corrected chi connectivity index (χ1v) is 15.8. The van der Waals surface area contributed by atoms with Crippen molar-refractivity contribution in [1.29, 1.82) is 0 Å². The Labute approximate surface area is 229 Å². The summed E-state index contributed by atoms with van der Waals surface area (Å²) in [4.78, 5) is 14.9. The van der Waals surface area contributed by atoms with E-state index in [0.717, 1.165) is 32.5 Å². The van der Waals surface area contributed by atoms with E-state index in [1.54, 1.807) is 0 Å². The van der Waals surface area contributed by atoms with E-state index in [1.807, 2.05) is 12.1 Å². The number of benzene rings is 1. The normalized spacial score (nSPS) is 11.1. The van der Waals surface area contributed by atoms with Gasteiger partial charge in [-0.05, 0) is 43.5 Å². The van der Waals surface area contributed by atoms with Crippen LogP contribution in [0.5, 0.6) is 0 Å². The molecule has 4 heteroatoms. The Bertz CT molecular complexity index is 611. The maximum Gasteiger partial charge on any atom is 0.338 e. The van der Waals surface area contributed by atoms with Crippen LogP contribution in [0.4, 0.5) is 5.69 Å². The average molecular weight is 518 g/mol. The van der Waals surface area contributed by atoms with Crippen molar-refractivity contribution in [2.75, 3.05) is 37.8 Å². The molecule has 0 aromatic heterocycles. The van der Waals surface area contributed by atoms with Crippen LogP contribution in [0.25, 0.3) is 0 Å². The summed E-state index contributed by atoms with van der Waals surface area (Å²) in [5.74, 6) is -0.261. The lowest BCUT2D eigenvalue weighted by atomic mass is 10.1. The zero-order valence-corrected chi connectivity index (χ0v) is 24.7. The second kappa shape index (κ2) is 24.8. The highest BCUT2D eigenvalue weighted by atomic mass is 16.6. The first-order chi connectivity index (χ1) is 18.2. The summed E-state index contributed by atoms with van der Waals surface area (Å²) in [6.07, 6.45) is 23.7. The van der Waals surface area contributed by atoms with Crippen LogP contribution in [0.1, 0.15) is 147 Å². The molecule has 1 aromatic rings. The van der Waals surface area contributed by atoms with Gasteiger partial charge in [-0.2, -0.15) is 0 Å². The average Bonchev–Trinajstić information content (AvgIpc) is 2.92. The Balaban J connectivity index is 2.47. The highest BCUT2D eigenvalue weighted by Gasteiger charge is 2.10. The third kappa shape index (κ3) is 18.4. The molecule has 0 saturated carbocycles. The van der Waals surface area contributed by atoms with Gasteiger partial charge in [0, 0.05) is 25.4 Å². The molecule has 0 heterocycles. The topological polar surface area (TPSA) is 38.8 Å². The van der Waals surface area contributed by atoms with Gasteiger partial charge in [-0.3, -0.25) is 0 Å². The Morgan fingerprint density at radius 3 is 1.51 bits per heavy atom. The van der Waals surface area contributed by atoms with Crippen LogP contribution in [0, 0.1) is 0 Å². The van der Waals surface area contributed by atoms with E-state index in [-0.39, 0.29) is 5.97 Å². The molecule has 0 N–H and O–H groups in total. The van der Waals surface area contributed by atoms with Crippen LogP contribution >= 0.6 is 0 Å². The fourth-order valence-electron chi connectivity index (χ4n) is 4.68. The van der Waals surface area contributed by atoms with Crippen LogP contribution in [-0.4, -0.2) is 38.9 Å². The number of carbonyl (C=O) groups excluding carboxylic acids is 1. The number of unbranched alkanes of at least 4 members (excludes halogenated alkanes) is 15. The summed E-state index contributed by atoms with van der Waals surface area (Å²) in [5.41, 5.74) is 1.85. The van der Waals surface area contributed by atoms with Gasteiger partial charge >= 0.3 is 5.97 Å². The number of carbonyl (C=O) groups is 1. The molecule has 4 nitrogen and oxygen atoms in total. The van der Waals surface area contributed by atoms with Crippen molar-refractivity contribution in [3.8, 4) is 0 Å². The molecule has 0 fully saturated rings. The molecule has 0 atom stereocenters. The van der Waals surface area contributed by atoms with Gasteiger partial charge in [0.25, 0.3) is 0 Å². The molecule has 0 bridgehead atoms. The van der Waals surface area contributed by atoms with E-state index in [1.165, 1.54) is 108 Å². The Morgan fingerprint density at radius 2 is 1.03 bits per heavy atom. The van der Waals surface area contributed by atoms with E-state index in [4.69, 9.17) is 9.47 Å². The maximum atomic E-state index is 12.4. The standard InChI is InChI=1S/C33H59NO3/c1-4-7-10-12-14-16-18-20-26-34(27-21-19-17-15-13-11-8-5-2)32-24-22-31(23-25-32)33(35)37-30-29-36-28-9-6-3/h22-25H,4-21,26-30H2,1-3H3. The van der Waals surface area contributed by atoms with Crippen molar-refractivity contribution in [1.82, 2.24) is 0 Å². The van der Waals surface area contributed by atoms with Gasteiger partial charge in [0.05, 0.1) is 12.2 Å². The molecular weight excluding hydrogens is 458 g/mol. The number of hydrogen-bond acceptors (Lipinski definition) is 4. The molecule has 37 heavy (non-hydrogen) atoms. The molecule has 0 spiro atoms. The second-order valence-corrected chi connectivity index (χ2v) is 10.6. The summed E-state index contributed by atoms with van der Waals surface area (Å²) in [7, 11) is 0. The smallest absolute Gasteiger partial charge is 0.338 e. The van der Waals surface area contributed by atoms with Gasteiger partial charge in [-0.25, -0.2) is 4.79 Å². The van der Waals surface area contributed by atoms with Crippen LogP contribution in [0.15, 0.2) is 24.3 Å². The molecule has 1 aromatic carbocycles. The third-order valence-electron chi connectivity index (χ3n) is 7.13. The van der Waals surface area contributed by atoms with E-state index in [9.17, 15) is 4.79 Å². The van der Waals surface area contributed by atoms with Gasteiger partial charge in [0.1, 0.15) is 6.61 Å². The maximum absolute atomic E-state index is 12.4. The van der Waals surface area contributed by atoms with Crippen molar-refractivity contribution < 1.29 is 14.3 Å². The zero-order valence-electron chi connectivity index (χ0n) is 24.7. The SMILES string of the molecule is CCCCCCCCCCN(CCCCCCCCCC)c1ccc(C(=O)OCCOCCCC)cc1. The largest absolute Gasteiger partial charge is 0.460 e. The number of ether oxygens (including phenoxy) is 2. The fraction of sp³-hybridized carbons (Fsp3) is 0.788. The summed E-state index contributed by atoms with van der Waals surface area (Å²) in [6.45, 7) is 10.4. The van der Waals surface area contributed by atoms with E-state index in [2.05, 4.69) is 37.8 Å². The summed E-state index contributed by atoms with van der Waals surface area (Å²) in [6, 6.07) is 8.04. The lowest BCUT2D eigenvalue weighted by Gasteiger charge is -2.25. The molecule has 0 radical (unpaired) electrons. The quantitative estimate of drug-likeness (QED) is 0.0905. The highest BCUT2D eigenvalue weighted by Crippen LogP contribution is 2.19. The zero-order chi connectivity index (χ0) is 26.8. The number of anilines is 1. The molecule has 0 saturated heterocycles. The van der Waals surface area contributed by atoms with Crippen molar-refractivity contribution >= 4 is 11.7 Å². The van der Waals surface area contributed by atoms with Crippen LogP contribution < -0.4 is 4.90 Å². The Kier molecular flexibility index (Phi) is 22.4. The minimum absolute atomic E-state index is 0.261. The monoisotopic (exact) mass is 517 g/mol. The van der Waals surface area contributed by atoms with Crippen LogP contribution in [0.2, 0.25) is 0 Å². The van der Waals surface area contributed by atoms with Gasteiger partial charge in [0.2, 0.25) is 0 Å². The highest BCUT2D eigenvalue weighted by molar-refractivity contribution is 5.89. The van der Waals surface area contributed by atoms with Crippen LogP contribution in [0.3, 0.4) is 0 Å². The van der Waals surface area contributed by atoms with Crippen molar-refractivity contribution in [2.24, 2.45) is 0 Å². The Hall–Kier alpha value is -1.55. The van der Waals surface area contributed by atoms with Gasteiger partial charge < -0.3 is 14.4 Å². The summed E-state index contributed by atoms with van der Waals surface area (Å²) >= 11 is 0. The minimum Gasteiger partial charge on any atom is -0.460 e. The predicted molar refractivity (Wildman–Crippen MR) is 160 cm³/mol. The van der Waals surface area contributed by atoms with Crippen LogP contribution in [-0.2, 0) is 9.47 Å². The molecule has 1 rings (SSSR count). The molecular formula is C33H59NO3. The molecule has 214 valence electrons. The number of rotatable bonds is 26. The van der Waals surface area contributed by atoms with Crippen molar-refractivity contribution in [3.63, 3.8) is 0 Å². The van der Waals surface area contributed by atoms with Gasteiger partial charge in [-0.15, -0.1) is 0 Å². The minimum atomic E-state index is -0.261. The predicted octanol–water partition coefficient (Wildman–Crippen LogP) is 9.75. The lowest BCUT2D eigenvalue weighted by Crippen LogP contribution is -2.25. The summed E-state index contributed by atoms with van der Waals surface area (Å²) < 4.78 is 10.9. The molecule has 0 unspecified atom stereocenters. The van der Waals surface area contributed by atoms with E-state index >= 15 is 0 Å². The van der Waals surface area contributed by atoms with Crippen molar-refractivity contribution in [3.05, 3.63) is 29.8 Å². The first kappa shape index (κ1) is 33.5. The van der Waals surface area contributed by atoms with E-state index in [0.29, 0.717) is 18.8 Å². The molecule has 0 aliphatic carbocycles. The first-order valence-electron chi connectivity index (χ1n) is 15.8. The van der Waals surface area contributed by atoms with Gasteiger partial charge in [-0.1, -0.05) is 117 Å². The molecule has 0 aliphatic heterocycles. The lowest BCUT2D eigenvalue weighted by molar-refractivity contribution is 0.0314. The molecule has 0 aliphatic rings. The second-order valence-electron chi connectivity index (χ2n) is 10.6. The number of esters is 1. The number of nitrogens with zero attached hydrogens (tertiary/aromatic N) is 1. The fourth-order valence-corrected chi connectivity index (χ4v) is 4.68. The Morgan fingerprint density at radius 1 is 0.568 bits per heavy atom. The van der Waals surface area contributed by atoms with Crippen molar-refractivity contribution in [2.45, 2.75) is 136 Å². The van der Waals surface area contributed by atoms with E-state index < -0.39 is 0 Å². The third-order valence-corrected chi connectivity index (χ3v) is 7.13. The van der Waals surface area contributed by atoms with Gasteiger partial charge in [0.15, 0.2) is 0 Å². The number of hydrogen-bond donors (Lipinski definition) is 0. The summed E-state index contributed by atoms with van der Waals surface area (Å²) in [5, 5.41) is 0.